The number of amides is 1. The summed E-state index contributed by atoms with van der Waals surface area (Å²) < 4.78 is 31.6. The molecule has 2 bridgehead atoms. The third-order valence-corrected chi connectivity index (χ3v) is 5.10. The number of nitrogens with zero attached hydrogens (tertiary/aromatic N) is 3. The first-order valence-electron chi connectivity index (χ1n) is 6.74. The fourth-order valence-electron chi connectivity index (χ4n) is 3.31. The summed E-state index contributed by atoms with van der Waals surface area (Å²) in [6.07, 6.45) is 2.24. The summed E-state index contributed by atoms with van der Waals surface area (Å²) in [7, 11) is 0. The zero-order chi connectivity index (χ0) is 14.6. The molecule has 0 saturated carbocycles. The monoisotopic (exact) mass is 307 g/mol. The zero-order valence-electron chi connectivity index (χ0n) is 10.9. The number of carbonyl (C=O) groups excluding carboxylic acids is 1. The van der Waals surface area contributed by atoms with Crippen molar-refractivity contribution in [2.24, 2.45) is 0 Å². The largest absolute Gasteiger partial charge is 0.327 e. The molecule has 0 unspecified atom stereocenters. The van der Waals surface area contributed by atoms with Gasteiger partial charge in [-0.2, -0.15) is 0 Å². The average molecular weight is 307 g/mol. The van der Waals surface area contributed by atoms with Crippen molar-refractivity contribution in [3.05, 3.63) is 46.0 Å². The fraction of sp³-hybridized carbons (Fsp3) is 0.357. The van der Waals surface area contributed by atoms with Crippen molar-refractivity contribution in [1.29, 1.82) is 0 Å². The molecule has 1 amide bonds. The van der Waals surface area contributed by atoms with Gasteiger partial charge in [0.05, 0.1) is 16.6 Å². The number of hydrogen-bond donors (Lipinski definition) is 0. The smallest absolute Gasteiger partial charge is 0.260 e. The van der Waals surface area contributed by atoms with Gasteiger partial charge in [0.2, 0.25) is 0 Å². The van der Waals surface area contributed by atoms with E-state index in [1.807, 2.05) is 0 Å². The minimum absolute atomic E-state index is 0.0436. The van der Waals surface area contributed by atoms with Crippen LogP contribution in [-0.4, -0.2) is 26.4 Å². The first kappa shape index (κ1) is 12.8. The maximum atomic E-state index is 13.9. The molecule has 7 heteroatoms. The van der Waals surface area contributed by atoms with Gasteiger partial charge in [-0.3, -0.25) is 4.79 Å². The second-order valence-corrected chi connectivity index (χ2v) is 6.13. The first-order valence-corrected chi connectivity index (χ1v) is 7.52. The first-order chi connectivity index (χ1) is 10.2. The lowest BCUT2D eigenvalue weighted by molar-refractivity contribution is 0.0638. The molecule has 0 radical (unpaired) electrons. The van der Waals surface area contributed by atoms with Crippen LogP contribution in [0.15, 0.2) is 18.2 Å². The van der Waals surface area contributed by atoms with Gasteiger partial charge >= 0.3 is 0 Å². The van der Waals surface area contributed by atoms with Gasteiger partial charge in [0.15, 0.2) is 0 Å². The van der Waals surface area contributed by atoms with Crippen LogP contribution in [-0.2, 0) is 6.42 Å². The minimum Gasteiger partial charge on any atom is -0.327 e. The molecule has 2 aliphatic rings. The van der Waals surface area contributed by atoms with Crippen molar-refractivity contribution in [3.8, 4) is 0 Å². The number of carbonyl (C=O) groups is 1. The molecule has 1 aromatic carbocycles. The molecule has 0 aliphatic carbocycles. The van der Waals surface area contributed by atoms with Gasteiger partial charge in [-0.15, -0.1) is 5.10 Å². The van der Waals surface area contributed by atoms with Gasteiger partial charge in [-0.05, 0) is 36.5 Å². The molecular weight excluding hydrogens is 296 g/mol. The van der Waals surface area contributed by atoms with Crippen molar-refractivity contribution in [3.63, 3.8) is 0 Å². The van der Waals surface area contributed by atoms with E-state index in [-0.39, 0.29) is 12.1 Å². The predicted octanol–water partition coefficient (Wildman–Crippen LogP) is 2.72. The van der Waals surface area contributed by atoms with Crippen LogP contribution in [0.4, 0.5) is 8.78 Å². The van der Waals surface area contributed by atoms with Crippen molar-refractivity contribution in [1.82, 2.24) is 14.5 Å². The molecule has 1 fully saturated rings. The van der Waals surface area contributed by atoms with E-state index in [4.69, 9.17) is 0 Å². The molecular formula is C14H11F2N3OS. The van der Waals surface area contributed by atoms with Gasteiger partial charge < -0.3 is 4.90 Å². The summed E-state index contributed by atoms with van der Waals surface area (Å²) in [6, 6.07) is 3.30. The Morgan fingerprint density at radius 1 is 1.29 bits per heavy atom. The lowest BCUT2D eigenvalue weighted by Crippen LogP contribution is -2.42. The van der Waals surface area contributed by atoms with Gasteiger partial charge in [-0.1, -0.05) is 10.6 Å². The Morgan fingerprint density at radius 2 is 2.05 bits per heavy atom. The van der Waals surface area contributed by atoms with Crippen LogP contribution in [0.5, 0.6) is 0 Å². The van der Waals surface area contributed by atoms with Crippen LogP contribution in [0, 0.1) is 11.6 Å². The Bertz CT molecular complexity index is 713. The van der Waals surface area contributed by atoms with E-state index in [0.29, 0.717) is 6.42 Å². The lowest BCUT2D eigenvalue weighted by Gasteiger charge is -2.33. The van der Waals surface area contributed by atoms with Crippen molar-refractivity contribution >= 4 is 17.4 Å². The summed E-state index contributed by atoms with van der Waals surface area (Å²) in [5.41, 5.74) is 0.459. The summed E-state index contributed by atoms with van der Waals surface area (Å²) in [5, 5.41) is 4.08. The normalized spacial score (nSPS) is 23.2. The molecule has 4 rings (SSSR count). The SMILES string of the molecule is O=C(c1c(F)cccc1F)N1[C@H]2CC[C@H]1c1snnc1C2. The van der Waals surface area contributed by atoms with Gasteiger partial charge in [-0.25, -0.2) is 8.78 Å². The summed E-state index contributed by atoms with van der Waals surface area (Å²) in [4.78, 5) is 15.2. The van der Waals surface area contributed by atoms with E-state index in [0.717, 1.165) is 35.5 Å². The van der Waals surface area contributed by atoms with Crippen molar-refractivity contribution in [2.45, 2.75) is 31.3 Å². The van der Waals surface area contributed by atoms with Crippen LogP contribution in [0.1, 0.15) is 39.8 Å². The Labute approximate surface area is 123 Å². The highest BCUT2D eigenvalue weighted by Crippen LogP contribution is 2.45. The molecule has 2 aromatic rings. The molecule has 4 nitrogen and oxygen atoms in total. The molecule has 21 heavy (non-hydrogen) atoms. The molecule has 3 heterocycles. The zero-order valence-corrected chi connectivity index (χ0v) is 11.7. The number of aromatic nitrogens is 2. The minimum atomic E-state index is -0.812. The van der Waals surface area contributed by atoms with Crippen molar-refractivity contribution in [2.75, 3.05) is 0 Å². The van der Waals surface area contributed by atoms with Crippen molar-refractivity contribution < 1.29 is 13.6 Å². The Balaban J connectivity index is 1.77. The Hall–Kier alpha value is -1.89. The highest BCUT2D eigenvalue weighted by molar-refractivity contribution is 7.05. The van der Waals surface area contributed by atoms with E-state index in [1.165, 1.54) is 17.6 Å². The van der Waals surface area contributed by atoms with E-state index in [2.05, 4.69) is 9.59 Å². The second-order valence-electron chi connectivity index (χ2n) is 5.34. The van der Waals surface area contributed by atoms with E-state index >= 15 is 0 Å². The number of fused-ring (bicyclic) bond motifs is 4. The lowest BCUT2D eigenvalue weighted by atomic mass is 10.0. The second kappa shape index (κ2) is 4.56. The standard InChI is InChI=1S/C14H11F2N3OS/c15-8-2-1-3-9(16)12(8)14(20)19-7-4-5-11(19)13-10(6-7)17-18-21-13/h1-3,7,11H,4-6H2/t7-,11-/m0/s1. The maximum Gasteiger partial charge on any atom is 0.260 e. The number of hydrogen-bond acceptors (Lipinski definition) is 4. The van der Waals surface area contributed by atoms with Crippen LogP contribution < -0.4 is 0 Å². The summed E-state index contributed by atoms with van der Waals surface area (Å²) >= 11 is 1.27. The maximum absolute atomic E-state index is 13.9. The number of halogens is 2. The molecule has 1 saturated heterocycles. The Morgan fingerprint density at radius 3 is 2.81 bits per heavy atom. The highest BCUT2D eigenvalue weighted by Gasteiger charge is 2.45. The van der Waals surface area contributed by atoms with E-state index in [1.54, 1.807) is 4.90 Å². The number of rotatable bonds is 1. The third-order valence-electron chi connectivity index (χ3n) is 4.23. The summed E-state index contributed by atoms with van der Waals surface area (Å²) in [6.45, 7) is 0. The van der Waals surface area contributed by atoms with Gasteiger partial charge in [0.1, 0.15) is 17.2 Å². The highest BCUT2D eigenvalue weighted by atomic mass is 32.1. The van der Waals surface area contributed by atoms with Crippen LogP contribution in [0.3, 0.4) is 0 Å². The van der Waals surface area contributed by atoms with Gasteiger partial charge in [0, 0.05) is 12.5 Å². The molecule has 0 spiro atoms. The van der Waals surface area contributed by atoms with Crippen LogP contribution >= 0.6 is 11.5 Å². The fourth-order valence-corrected chi connectivity index (χ4v) is 4.12. The number of benzene rings is 1. The van der Waals surface area contributed by atoms with Gasteiger partial charge in [0.25, 0.3) is 5.91 Å². The summed E-state index contributed by atoms with van der Waals surface area (Å²) in [5.74, 6) is -2.20. The average Bonchev–Trinajstić information content (AvgIpc) is 3.03. The Kier molecular flexibility index (Phi) is 2.78. The van der Waals surface area contributed by atoms with Crippen LogP contribution in [0.2, 0.25) is 0 Å². The quantitative estimate of drug-likeness (QED) is 0.814. The molecule has 2 atom stereocenters. The van der Waals surface area contributed by atoms with Crippen LogP contribution in [0.25, 0.3) is 0 Å². The topological polar surface area (TPSA) is 46.1 Å². The molecule has 1 aromatic heterocycles. The molecule has 0 N–H and O–H groups in total. The molecule has 108 valence electrons. The van der Waals surface area contributed by atoms with E-state index < -0.39 is 23.1 Å². The third kappa shape index (κ3) is 1.80. The molecule has 2 aliphatic heterocycles. The van der Waals surface area contributed by atoms with E-state index in [9.17, 15) is 13.6 Å². The predicted molar refractivity (Wildman–Crippen MR) is 71.9 cm³/mol.